The van der Waals surface area contributed by atoms with E-state index in [0.29, 0.717) is 40.3 Å². The molecule has 0 atom stereocenters. The number of anilines is 4. The van der Waals surface area contributed by atoms with Crippen LogP contribution >= 0.6 is 0 Å². The lowest BCUT2D eigenvalue weighted by atomic mass is 10.1. The summed E-state index contributed by atoms with van der Waals surface area (Å²) in [6, 6.07) is 14.3. The second-order valence-corrected chi connectivity index (χ2v) is 8.29. The van der Waals surface area contributed by atoms with Gasteiger partial charge in [-0.2, -0.15) is 18.3 Å². The Labute approximate surface area is 208 Å². The fourth-order valence-corrected chi connectivity index (χ4v) is 3.27. The van der Waals surface area contributed by atoms with E-state index in [1.54, 1.807) is 18.2 Å². The maximum Gasteiger partial charge on any atom is 0.416 e. The minimum atomic E-state index is -4.40. The summed E-state index contributed by atoms with van der Waals surface area (Å²) >= 11 is 0. The van der Waals surface area contributed by atoms with Crippen molar-refractivity contribution in [1.29, 1.82) is 0 Å². The fraction of sp³-hybridized carbons (Fsp3) is 0.192. The van der Waals surface area contributed by atoms with Crippen molar-refractivity contribution in [3.8, 4) is 0 Å². The maximum atomic E-state index is 12.9. The van der Waals surface area contributed by atoms with Crippen LogP contribution in [0, 0.1) is 0 Å². The number of rotatable bonds is 9. The van der Waals surface area contributed by atoms with Gasteiger partial charge in [0.05, 0.1) is 29.4 Å². The second kappa shape index (κ2) is 11.4. The minimum Gasteiger partial charge on any atom is -0.398 e. The summed E-state index contributed by atoms with van der Waals surface area (Å²) in [4.78, 5) is 8.63. The fourth-order valence-electron chi connectivity index (χ4n) is 3.27. The summed E-state index contributed by atoms with van der Waals surface area (Å²) < 4.78 is 38.6. The van der Waals surface area contributed by atoms with Crippen LogP contribution in [0.1, 0.15) is 37.6 Å². The molecule has 0 bridgehead atoms. The Morgan fingerprint density at radius 2 is 1.81 bits per heavy atom. The van der Waals surface area contributed by atoms with E-state index in [1.807, 2.05) is 25.1 Å². The second-order valence-electron chi connectivity index (χ2n) is 8.29. The first-order valence-electron chi connectivity index (χ1n) is 11.1. The number of nitrogens with two attached hydrogens (primary N) is 1. The van der Waals surface area contributed by atoms with Gasteiger partial charge in [0.25, 0.3) is 0 Å². The number of hydrogen-bond donors (Lipinski definition) is 4. The summed E-state index contributed by atoms with van der Waals surface area (Å²) in [5, 5.41) is 10.3. The Hall–Kier alpha value is -4.34. The zero-order valence-corrected chi connectivity index (χ0v) is 20.2. The van der Waals surface area contributed by atoms with Gasteiger partial charge in [-0.3, -0.25) is 10.4 Å². The van der Waals surface area contributed by atoms with Gasteiger partial charge in [-0.15, -0.1) is 0 Å². The first-order chi connectivity index (χ1) is 17.0. The molecular formula is C26H28F3N7. The number of alkyl halides is 3. The molecule has 10 heteroatoms. The topological polar surface area (TPSA) is 99.7 Å². The third-order valence-electron chi connectivity index (χ3n) is 4.85. The molecule has 5 N–H and O–H groups in total. The Kier molecular flexibility index (Phi) is 8.31. The number of aromatic nitrogens is 1. The Bertz CT molecular complexity index is 1260. The van der Waals surface area contributed by atoms with Crippen LogP contribution in [0.15, 0.2) is 83.3 Å². The van der Waals surface area contributed by atoms with Crippen molar-refractivity contribution < 1.29 is 13.2 Å². The van der Waals surface area contributed by atoms with Crippen LogP contribution in [0.5, 0.6) is 0 Å². The van der Waals surface area contributed by atoms with Gasteiger partial charge in [0.2, 0.25) is 0 Å². The summed E-state index contributed by atoms with van der Waals surface area (Å²) in [6.45, 7) is 9.78. The smallest absolute Gasteiger partial charge is 0.398 e. The lowest BCUT2D eigenvalue weighted by Crippen LogP contribution is -2.11. The highest BCUT2D eigenvalue weighted by Gasteiger charge is 2.30. The average molecular weight is 496 g/mol. The van der Waals surface area contributed by atoms with Crippen molar-refractivity contribution >= 4 is 34.7 Å². The number of nitrogens with one attached hydrogen (secondary N) is 3. The molecule has 0 amide bonds. The number of aliphatic imine (C=N–C) groups is 1. The van der Waals surface area contributed by atoms with Crippen molar-refractivity contribution in [3.63, 3.8) is 0 Å². The quantitative estimate of drug-likeness (QED) is 0.162. The Morgan fingerprint density at radius 1 is 1.06 bits per heavy atom. The van der Waals surface area contributed by atoms with E-state index in [4.69, 9.17) is 5.73 Å². The molecule has 3 aromatic rings. The molecule has 0 aliphatic rings. The third kappa shape index (κ3) is 7.59. The van der Waals surface area contributed by atoms with Gasteiger partial charge < -0.3 is 16.4 Å². The van der Waals surface area contributed by atoms with E-state index in [0.717, 1.165) is 23.4 Å². The van der Waals surface area contributed by atoms with Crippen LogP contribution in [0.4, 0.5) is 35.9 Å². The number of hydrazone groups is 1. The Morgan fingerprint density at radius 3 is 2.44 bits per heavy atom. The highest BCUT2D eigenvalue weighted by Crippen LogP contribution is 2.31. The third-order valence-corrected chi connectivity index (χ3v) is 4.85. The predicted octanol–water partition coefficient (Wildman–Crippen LogP) is 6.15. The van der Waals surface area contributed by atoms with Gasteiger partial charge in [0.15, 0.2) is 0 Å². The predicted molar refractivity (Wildman–Crippen MR) is 141 cm³/mol. The summed E-state index contributed by atoms with van der Waals surface area (Å²) in [6.07, 6.45) is -1.43. The standard InChI is InChI=1S/C26H28F3N7/c1-16(2)33-21-10-11-24(25(30)13-21)17(3)34-18(4)36-32-15-22-8-9-23(14-31-22)35-20-7-5-6-19(12-20)26(27,28)29/h5-16,33,35-36H,4,30H2,1-3H3/b32-15+,34-17?. The molecule has 0 saturated carbocycles. The highest BCUT2D eigenvalue weighted by atomic mass is 19.4. The van der Waals surface area contributed by atoms with E-state index >= 15 is 0 Å². The molecule has 1 heterocycles. The molecular weight excluding hydrogens is 467 g/mol. The van der Waals surface area contributed by atoms with Crippen LogP contribution in [0.25, 0.3) is 0 Å². The molecule has 2 aromatic carbocycles. The van der Waals surface area contributed by atoms with E-state index in [1.165, 1.54) is 18.5 Å². The molecule has 0 radical (unpaired) electrons. The van der Waals surface area contributed by atoms with Crippen LogP contribution in [0.2, 0.25) is 0 Å². The molecule has 0 unspecified atom stereocenters. The molecule has 0 aliphatic heterocycles. The molecule has 3 rings (SSSR count). The van der Waals surface area contributed by atoms with E-state index in [9.17, 15) is 13.2 Å². The van der Waals surface area contributed by atoms with Crippen LogP contribution < -0.4 is 21.8 Å². The summed E-state index contributed by atoms with van der Waals surface area (Å²) in [5.41, 5.74) is 12.6. The van der Waals surface area contributed by atoms with Crippen LogP contribution in [-0.4, -0.2) is 23.0 Å². The van der Waals surface area contributed by atoms with Crippen molar-refractivity contribution in [2.24, 2.45) is 10.1 Å². The van der Waals surface area contributed by atoms with Crippen LogP contribution in [0.3, 0.4) is 0 Å². The number of pyridine rings is 1. The van der Waals surface area contributed by atoms with Gasteiger partial charge in [-0.1, -0.05) is 12.6 Å². The average Bonchev–Trinajstić information content (AvgIpc) is 2.79. The van der Waals surface area contributed by atoms with Gasteiger partial charge in [-0.05, 0) is 69.3 Å². The van der Waals surface area contributed by atoms with Gasteiger partial charge in [0.1, 0.15) is 5.82 Å². The molecule has 36 heavy (non-hydrogen) atoms. The molecule has 7 nitrogen and oxygen atoms in total. The number of hydrogen-bond acceptors (Lipinski definition) is 7. The van der Waals surface area contributed by atoms with E-state index in [2.05, 4.69) is 51.6 Å². The van der Waals surface area contributed by atoms with E-state index in [-0.39, 0.29) is 0 Å². The lowest BCUT2D eigenvalue weighted by Gasteiger charge is -2.13. The normalized spacial score (nSPS) is 12.1. The highest BCUT2D eigenvalue weighted by molar-refractivity contribution is 6.04. The molecule has 0 saturated heterocycles. The largest absolute Gasteiger partial charge is 0.416 e. The first kappa shape index (κ1) is 26.3. The molecule has 0 aliphatic carbocycles. The summed E-state index contributed by atoms with van der Waals surface area (Å²) in [5.74, 6) is 0.315. The lowest BCUT2D eigenvalue weighted by molar-refractivity contribution is -0.137. The number of halogens is 3. The zero-order valence-electron chi connectivity index (χ0n) is 20.2. The number of nitrogens with zero attached hydrogens (tertiary/aromatic N) is 3. The zero-order chi connectivity index (χ0) is 26.3. The molecule has 1 aromatic heterocycles. The van der Waals surface area contributed by atoms with Gasteiger partial charge in [0, 0.05) is 34.4 Å². The van der Waals surface area contributed by atoms with Gasteiger partial charge in [-0.25, -0.2) is 4.99 Å². The minimum absolute atomic E-state index is 0.296. The van der Waals surface area contributed by atoms with Crippen molar-refractivity contribution in [1.82, 2.24) is 10.4 Å². The van der Waals surface area contributed by atoms with Gasteiger partial charge >= 0.3 is 6.18 Å². The SMILES string of the molecule is C=C(N=C(C)c1ccc(NC(C)C)cc1N)N/N=C/c1ccc(Nc2cccc(C(F)(F)F)c2)cn1. The van der Waals surface area contributed by atoms with Crippen molar-refractivity contribution in [2.45, 2.75) is 33.0 Å². The monoisotopic (exact) mass is 495 g/mol. The molecule has 0 spiro atoms. The summed E-state index contributed by atoms with van der Waals surface area (Å²) in [7, 11) is 0. The molecule has 188 valence electrons. The van der Waals surface area contributed by atoms with Crippen molar-refractivity contribution in [3.05, 3.63) is 90.0 Å². The van der Waals surface area contributed by atoms with Crippen molar-refractivity contribution in [2.75, 3.05) is 16.4 Å². The van der Waals surface area contributed by atoms with Crippen LogP contribution in [-0.2, 0) is 6.18 Å². The Balaban J connectivity index is 1.57. The maximum absolute atomic E-state index is 12.9. The number of nitrogen functional groups attached to an aromatic ring is 1. The van der Waals surface area contributed by atoms with E-state index < -0.39 is 11.7 Å². The first-order valence-corrected chi connectivity index (χ1v) is 11.1. The number of benzene rings is 2. The molecule has 0 fully saturated rings.